The van der Waals surface area contributed by atoms with Crippen molar-refractivity contribution in [2.45, 2.75) is 32.9 Å². The molecule has 1 aliphatic rings. The molecule has 1 amide bonds. The fraction of sp³-hybridized carbons (Fsp3) is 0.562. The number of halogens is 1. The SMILES string of the molecule is CC(C)(C)OC(=O)Nc1ccc(CN2CCNCC2)c(F)c1. The third kappa shape index (κ3) is 5.27. The molecule has 5 nitrogen and oxygen atoms in total. The molecule has 1 saturated heterocycles. The molecular formula is C16H24FN3O2. The molecule has 0 aliphatic carbocycles. The number of piperazine rings is 1. The summed E-state index contributed by atoms with van der Waals surface area (Å²) in [5, 5.41) is 5.81. The summed E-state index contributed by atoms with van der Waals surface area (Å²) < 4.78 is 19.3. The number of carbonyl (C=O) groups excluding carboxylic acids is 1. The van der Waals surface area contributed by atoms with Gasteiger partial charge in [0.05, 0.1) is 0 Å². The van der Waals surface area contributed by atoms with Crippen molar-refractivity contribution in [2.75, 3.05) is 31.5 Å². The Morgan fingerprint density at radius 1 is 1.36 bits per heavy atom. The van der Waals surface area contributed by atoms with E-state index in [1.807, 2.05) is 0 Å². The molecule has 1 fully saturated rings. The van der Waals surface area contributed by atoms with Crippen LogP contribution in [0.4, 0.5) is 14.9 Å². The Hall–Kier alpha value is -1.66. The quantitative estimate of drug-likeness (QED) is 0.901. The van der Waals surface area contributed by atoms with Gasteiger partial charge in [0.25, 0.3) is 0 Å². The lowest BCUT2D eigenvalue weighted by Gasteiger charge is -2.27. The lowest BCUT2D eigenvalue weighted by atomic mass is 10.1. The zero-order valence-corrected chi connectivity index (χ0v) is 13.4. The highest BCUT2D eigenvalue weighted by Crippen LogP contribution is 2.18. The fourth-order valence-corrected chi connectivity index (χ4v) is 2.28. The highest BCUT2D eigenvalue weighted by atomic mass is 19.1. The van der Waals surface area contributed by atoms with E-state index < -0.39 is 11.7 Å². The van der Waals surface area contributed by atoms with Gasteiger partial charge in [-0.2, -0.15) is 0 Å². The van der Waals surface area contributed by atoms with Crippen molar-refractivity contribution in [3.05, 3.63) is 29.6 Å². The molecule has 0 spiro atoms. The summed E-state index contributed by atoms with van der Waals surface area (Å²) in [7, 11) is 0. The van der Waals surface area contributed by atoms with Crippen LogP contribution in [0.15, 0.2) is 18.2 Å². The number of hydrogen-bond acceptors (Lipinski definition) is 4. The Bertz CT molecular complexity index is 523. The normalized spacial score (nSPS) is 16.4. The van der Waals surface area contributed by atoms with Gasteiger partial charge in [-0.3, -0.25) is 10.2 Å². The third-order valence-corrected chi connectivity index (χ3v) is 3.30. The monoisotopic (exact) mass is 309 g/mol. The van der Waals surface area contributed by atoms with Gasteiger partial charge in [-0.05, 0) is 32.9 Å². The molecule has 22 heavy (non-hydrogen) atoms. The number of rotatable bonds is 3. The summed E-state index contributed by atoms with van der Waals surface area (Å²) in [4.78, 5) is 13.9. The molecule has 0 aromatic heterocycles. The average Bonchev–Trinajstić information content (AvgIpc) is 2.41. The number of amides is 1. The smallest absolute Gasteiger partial charge is 0.412 e. The molecule has 1 aromatic carbocycles. The molecule has 0 saturated carbocycles. The van der Waals surface area contributed by atoms with Crippen molar-refractivity contribution in [3.63, 3.8) is 0 Å². The zero-order chi connectivity index (χ0) is 16.2. The Balaban J connectivity index is 1.95. The number of hydrogen-bond donors (Lipinski definition) is 2. The molecule has 0 bridgehead atoms. The number of benzene rings is 1. The third-order valence-electron chi connectivity index (χ3n) is 3.30. The van der Waals surface area contributed by atoms with Gasteiger partial charge in [0.2, 0.25) is 0 Å². The first kappa shape index (κ1) is 16.7. The van der Waals surface area contributed by atoms with E-state index in [2.05, 4.69) is 15.5 Å². The van der Waals surface area contributed by atoms with Gasteiger partial charge in [0, 0.05) is 44.0 Å². The Kier molecular flexibility index (Phi) is 5.37. The molecule has 1 aromatic rings. The van der Waals surface area contributed by atoms with Crippen molar-refractivity contribution < 1.29 is 13.9 Å². The molecule has 2 rings (SSSR count). The van der Waals surface area contributed by atoms with Gasteiger partial charge in [0.15, 0.2) is 0 Å². The van der Waals surface area contributed by atoms with Crippen LogP contribution < -0.4 is 10.6 Å². The van der Waals surface area contributed by atoms with Crippen LogP contribution in [0.5, 0.6) is 0 Å². The minimum absolute atomic E-state index is 0.313. The van der Waals surface area contributed by atoms with E-state index in [-0.39, 0.29) is 5.82 Å². The molecule has 0 unspecified atom stereocenters. The summed E-state index contributed by atoms with van der Waals surface area (Å²) in [6, 6.07) is 4.75. The molecule has 0 radical (unpaired) electrons. The summed E-state index contributed by atoms with van der Waals surface area (Å²) in [6.45, 7) is 9.62. The second-order valence-corrected chi connectivity index (χ2v) is 6.46. The topological polar surface area (TPSA) is 53.6 Å². The number of nitrogens with zero attached hydrogens (tertiary/aromatic N) is 1. The van der Waals surface area contributed by atoms with Crippen molar-refractivity contribution in [1.29, 1.82) is 0 Å². The summed E-state index contributed by atoms with van der Waals surface area (Å²) in [5.41, 5.74) is 0.456. The number of carbonyl (C=O) groups is 1. The van der Waals surface area contributed by atoms with Crippen LogP contribution in [-0.2, 0) is 11.3 Å². The number of ether oxygens (including phenoxy) is 1. The van der Waals surface area contributed by atoms with Crippen LogP contribution in [0.2, 0.25) is 0 Å². The maximum atomic E-state index is 14.2. The Morgan fingerprint density at radius 3 is 2.64 bits per heavy atom. The minimum Gasteiger partial charge on any atom is -0.444 e. The lowest BCUT2D eigenvalue weighted by Crippen LogP contribution is -2.43. The van der Waals surface area contributed by atoms with Gasteiger partial charge < -0.3 is 10.1 Å². The standard InChI is InChI=1S/C16H24FN3O2/c1-16(2,3)22-15(21)19-13-5-4-12(14(17)10-13)11-20-8-6-18-7-9-20/h4-5,10,18H,6-9,11H2,1-3H3,(H,19,21). The van der Waals surface area contributed by atoms with Crippen LogP contribution >= 0.6 is 0 Å². The largest absolute Gasteiger partial charge is 0.444 e. The van der Waals surface area contributed by atoms with E-state index in [1.165, 1.54) is 6.07 Å². The van der Waals surface area contributed by atoms with Crippen LogP contribution in [0, 0.1) is 5.82 Å². The highest BCUT2D eigenvalue weighted by Gasteiger charge is 2.17. The second kappa shape index (κ2) is 7.07. The van der Waals surface area contributed by atoms with Gasteiger partial charge in [-0.15, -0.1) is 0 Å². The van der Waals surface area contributed by atoms with Crippen LogP contribution in [-0.4, -0.2) is 42.8 Å². The van der Waals surface area contributed by atoms with Crippen molar-refractivity contribution in [1.82, 2.24) is 10.2 Å². The predicted molar refractivity (Wildman–Crippen MR) is 84.4 cm³/mol. The second-order valence-electron chi connectivity index (χ2n) is 6.46. The Labute approximate surface area is 130 Å². The first-order chi connectivity index (χ1) is 10.3. The molecular weight excluding hydrogens is 285 g/mol. The predicted octanol–water partition coefficient (Wildman–Crippen LogP) is 2.58. The summed E-state index contributed by atoms with van der Waals surface area (Å²) in [5.74, 6) is -0.313. The summed E-state index contributed by atoms with van der Waals surface area (Å²) >= 11 is 0. The zero-order valence-electron chi connectivity index (χ0n) is 13.4. The van der Waals surface area contributed by atoms with E-state index in [0.29, 0.717) is 17.8 Å². The van der Waals surface area contributed by atoms with Crippen molar-refractivity contribution in [2.24, 2.45) is 0 Å². The average molecular weight is 309 g/mol. The fourth-order valence-electron chi connectivity index (χ4n) is 2.28. The first-order valence-corrected chi connectivity index (χ1v) is 7.55. The maximum absolute atomic E-state index is 14.2. The molecule has 6 heteroatoms. The Morgan fingerprint density at radius 2 is 2.05 bits per heavy atom. The number of anilines is 1. The van der Waals surface area contributed by atoms with Gasteiger partial charge in [-0.1, -0.05) is 6.07 Å². The maximum Gasteiger partial charge on any atom is 0.412 e. The van der Waals surface area contributed by atoms with Gasteiger partial charge in [-0.25, -0.2) is 9.18 Å². The molecule has 1 heterocycles. The highest BCUT2D eigenvalue weighted by molar-refractivity contribution is 5.84. The van der Waals surface area contributed by atoms with E-state index >= 15 is 0 Å². The van der Waals surface area contributed by atoms with Crippen LogP contribution in [0.1, 0.15) is 26.3 Å². The molecule has 0 atom stereocenters. The molecule has 122 valence electrons. The van der Waals surface area contributed by atoms with Crippen LogP contribution in [0.3, 0.4) is 0 Å². The summed E-state index contributed by atoms with van der Waals surface area (Å²) in [6.07, 6.45) is -0.582. The van der Waals surface area contributed by atoms with E-state index in [0.717, 1.165) is 26.2 Å². The van der Waals surface area contributed by atoms with Gasteiger partial charge >= 0.3 is 6.09 Å². The molecule has 2 N–H and O–H groups in total. The first-order valence-electron chi connectivity index (χ1n) is 7.55. The minimum atomic E-state index is -0.582. The van der Waals surface area contributed by atoms with E-state index in [1.54, 1.807) is 32.9 Å². The van der Waals surface area contributed by atoms with Crippen LogP contribution in [0.25, 0.3) is 0 Å². The van der Waals surface area contributed by atoms with E-state index in [4.69, 9.17) is 4.74 Å². The van der Waals surface area contributed by atoms with Crippen molar-refractivity contribution >= 4 is 11.8 Å². The van der Waals surface area contributed by atoms with Gasteiger partial charge in [0.1, 0.15) is 11.4 Å². The molecule has 1 aliphatic heterocycles. The lowest BCUT2D eigenvalue weighted by molar-refractivity contribution is 0.0636. The van der Waals surface area contributed by atoms with E-state index in [9.17, 15) is 9.18 Å². The number of nitrogens with one attached hydrogen (secondary N) is 2. The van der Waals surface area contributed by atoms with Crippen molar-refractivity contribution in [3.8, 4) is 0 Å².